The molecular formula is C15H20ClN3O2. The second-order valence-electron chi connectivity index (χ2n) is 4.94. The molecule has 1 heterocycles. The molecule has 0 aliphatic heterocycles. The Morgan fingerprint density at radius 1 is 1.43 bits per heavy atom. The van der Waals surface area contributed by atoms with Gasteiger partial charge in [-0.3, -0.25) is 4.68 Å². The third-order valence-electron chi connectivity index (χ3n) is 3.07. The fourth-order valence-corrected chi connectivity index (χ4v) is 2.17. The van der Waals surface area contributed by atoms with Crippen LogP contribution in [0.25, 0.3) is 0 Å². The van der Waals surface area contributed by atoms with Crippen LogP contribution < -0.4 is 5.32 Å². The average molecular weight is 310 g/mol. The van der Waals surface area contributed by atoms with Gasteiger partial charge in [-0.15, -0.1) is 0 Å². The number of rotatable bonds is 7. The van der Waals surface area contributed by atoms with E-state index in [-0.39, 0.29) is 6.61 Å². The molecule has 5 nitrogen and oxygen atoms in total. The average Bonchev–Trinajstić information content (AvgIpc) is 2.77. The van der Waals surface area contributed by atoms with Crippen LogP contribution in [0.2, 0.25) is 5.02 Å². The number of aromatic nitrogens is 2. The summed E-state index contributed by atoms with van der Waals surface area (Å²) in [4.78, 5) is 0. The molecule has 114 valence electrons. The van der Waals surface area contributed by atoms with Gasteiger partial charge in [0, 0.05) is 24.8 Å². The van der Waals surface area contributed by atoms with Gasteiger partial charge in [-0.25, -0.2) is 0 Å². The summed E-state index contributed by atoms with van der Waals surface area (Å²) in [6.07, 6.45) is 1.29. The molecule has 0 aliphatic rings. The van der Waals surface area contributed by atoms with Crippen molar-refractivity contribution in [2.45, 2.75) is 19.6 Å². The van der Waals surface area contributed by atoms with Gasteiger partial charge in [-0.1, -0.05) is 29.8 Å². The molecule has 1 aromatic carbocycles. The number of hydrogen-bond acceptors (Lipinski definition) is 4. The smallest absolute Gasteiger partial charge is 0.0945 e. The Morgan fingerprint density at radius 3 is 2.86 bits per heavy atom. The van der Waals surface area contributed by atoms with Crippen molar-refractivity contribution in [2.24, 2.45) is 7.05 Å². The fraction of sp³-hybridized carbons (Fsp3) is 0.400. The van der Waals surface area contributed by atoms with Gasteiger partial charge < -0.3 is 15.2 Å². The van der Waals surface area contributed by atoms with E-state index in [4.69, 9.17) is 16.3 Å². The molecule has 6 heteroatoms. The van der Waals surface area contributed by atoms with Gasteiger partial charge in [0.1, 0.15) is 0 Å². The van der Waals surface area contributed by atoms with Crippen LogP contribution in [0, 0.1) is 6.92 Å². The summed E-state index contributed by atoms with van der Waals surface area (Å²) in [5.41, 5.74) is 2.74. The number of ether oxygens (including phenoxy) is 1. The monoisotopic (exact) mass is 309 g/mol. The Kier molecular flexibility index (Phi) is 5.61. The van der Waals surface area contributed by atoms with Crippen LogP contribution in [0.1, 0.15) is 11.3 Å². The standard InChI is InChI=1S/C15H20ClN3O2/c1-11-15(8-19(2)18-11)17-7-13(20)10-21-9-12-5-3-4-6-14(12)16/h3-6,8,13,17,20H,7,9-10H2,1-2H3. The largest absolute Gasteiger partial charge is 0.389 e. The number of aryl methyl sites for hydroxylation is 2. The molecule has 2 rings (SSSR count). The Hall–Kier alpha value is -1.56. The molecule has 1 aromatic heterocycles. The molecule has 0 aliphatic carbocycles. The quantitative estimate of drug-likeness (QED) is 0.824. The van der Waals surface area contributed by atoms with Crippen LogP contribution in [0.5, 0.6) is 0 Å². The highest BCUT2D eigenvalue weighted by Gasteiger charge is 2.08. The van der Waals surface area contributed by atoms with Crippen molar-refractivity contribution in [1.29, 1.82) is 0 Å². The van der Waals surface area contributed by atoms with E-state index in [1.165, 1.54) is 0 Å². The predicted molar refractivity (Wildman–Crippen MR) is 83.5 cm³/mol. The summed E-state index contributed by atoms with van der Waals surface area (Å²) in [5.74, 6) is 0. The van der Waals surface area contributed by atoms with Crippen molar-refractivity contribution in [3.8, 4) is 0 Å². The van der Waals surface area contributed by atoms with E-state index in [0.717, 1.165) is 16.9 Å². The summed E-state index contributed by atoms with van der Waals surface area (Å²) in [5, 5.41) is 18.0. The number of nitrogens with zero attached hydrogens (tertiary/aromatic N) is 2. The molecule has 2 N–H and O–H groups in total. The zero-order valence-electron chi connectivity index (χ0n) is 12.2. The highest BCUT2D eigenvalue weighted by atomic mass is 35.5. The Balaban J connectivity index is 1.71. The number of aliphatic hydroxyl groups excluding tert-OH is 1. The van der Waals surface area contributed by atoms with Crippen molar-refractivity contribution in [3.05, 3.63) is 46.7 Å². The second-order valence-corrected chi connectivity index (χ2v) is 5.35. The van der Waals surface area contributed by atoms with E-state index in [2.05, 4.69) is 10.4 Å². The second kappa shape index (κ2) is 7.45. The van der Waals surface area contributed by atoms with Crippen molar-refractivity contribution in [1.82, 2.24) is 9.78 Å². The summed E-state index contributed by atoms with van der Waals surface area (Å²) < 4.78 is 7.22. The molecule has 0 amide bonds. The van der Waals surface area contributed by atoms with Gasteiger partial charge in [0.25, 0.3) is 0 Å². The number of halogens is 1. The van der Waals surface area contributed by atoms with E-state index in [0.29, 0.717) is 18.2 Å². The van der Waals surface area contributed by atoms with Gasteiger partial charge in [-0.05, 0) is 18.6 Å². The topological polar surface area (TPSA) is 59.3 Å². The van der Waals surface area contributed by atoms with Crippen LogP contribution in [0.15, 0.2) is 30.5 Å². The first kappa shape index (κ1) is 15.8. The van der Waals surface area contributed by atoms with Gasteiger partial charge in [-0.2, -0.15) is 5.10 Å². The van der Waals surface area contributed by atoms with E-state index in [9.17, 15) is 5.11 Å². The third-order valence-corrected chi connectivity index (χ3v) is 3.44. The lowest BCUT2D eigenvalue weighted by Gasteiger charge is -2.13. The van der Waals surface area contributed by atoms with Crippen molar-refractivity contribution in [2.75, 3.05) is 18.5 Å². The molecule has 1 unspecified atom stereocenters. The first-order valence-corrected chi connectivity index (χ1v) is 7.17. The van der Waals surface area contributed by atoms with Crippen LogP contribution in [0.4, 0.5) is 5.69 Å². The molecule has 1 atom stereocenters. The fourth-order valence-electron chi connectivity index (χ4n) is 1.98. The highest BCUT2D eigenvalue weighted by Crippen LogP contribution is 2.16. The SMILES string of the molecule is Cc1nn(C)cc1NCC(O)COCc1ccccc1Cl. The number of aliphatic hydroxyl groups is 1. The number of benzene rings is 1. The van der Waals surface area contributed by atoms with E-state index in [1.54, 1.807) is 4.68 Å². The maximum absolute atomic E-state index is 9.91. The number of anilines is 1. The molecule has 2 aromatic rings. The molecule has 0 fully saturated rings. The van der Waals surface area contributed by atoms with Crippen molar-refractivity contribution >= 4 is 17.3 Å². The third kappa shape index (κ3) is 4.74. The zero-order chi connectivity index (χ0) is 15.2. The Morgan fingerprint density at radius 2 is 2.19 bits per heavy atom. The minimum absolute atomic E-state index is 0.248. The van der Waals surface area contributed by atoms with Crippen LogP contribution in [-0.4, -0.2) is 34.1 Å². The zero-order valence-corrected chi connectivity index (χ0v) is 13.0. The minimum atomic E-state index is -0.591. The lowest BCUT2D eigenvalue weighted by atomic mass is 10.2. The molecule has 0 bridgehead atoms. The van der Waals surface area contributed by atoms with Crippen molar-refractivity contribution < 1.29 is 9.84 Å². The predicted octanol–water partition coefficient (Wildman–Crippen LogP) is 2.37. The molecule has 21 heavy (non-hydrogen) atoms. The molecule has 0 radical (unpaired) electrons. The number of hydrogen-bond donors (Lipinski definition) is 2. The van der Waals surface area contributed by atoms with Gasteiger partial charge in [0.15, 0.2) is 0 Å². The van der Waals surface area contributed by atoms with Gasteiger partial charge in [0.05, 0.1) is 30.7 Å². The summed E-state index contributed by atoms with van der Waals surface area (Å²) in [6.45, 7) is 2.97. The summed E-state index contributed by atoms with van der Waals surface area (Å²) in [7, 11) is 1.86. The first-order valence-electron chi connectivity index (χ1n) is 6.79. The minimum Gasteiger partial charge on any atom is -0.389 e. The molecular weight excluding hydrogens is 290 g/mol. The van der Waals surface area contributed by atoms with Crippen LogP contribution in [0.3, 0.4) is 0 Å². The van der Waals surface area contributed by atoms with Crippen LogP contribution >= 0.6 is 11.6 Å². The maximum atomic E-state index is 9.91. The van der Waals surface area contributed by atoms with Gasteiger partial charge >= 0.3 is 0 Å². The van der Waals surface area contributed by atoms with E-state index in [1.807, 2.05) is 44.4 Å². The maximum Gasteiger partial charge on any atom is 0.0945 e. The van der Waals surface area contributed by atoms with Crippen LogP contribution in [-0.2, 0) is 18.4 Å². The summed E-state index contributed by atoms with van der Waals surface area (Å²) >= 11 is 6.04. The van der Waals surface area contributed by atoms with E-state index < -0.39 is 6.10 Å². The van der Waals surface area contributed by atoms with Crippen molar-refractivity contribution in [3.63, 3.8) is 0 Å². The van der Waals surface area contributed by atoms with E-state index >= 15 is 0 Å². The molecule has 0 spiro atoms. The lowest BCUT2D eigenvalue weighted by Crippen LogP contribution is -2.24. The Labute approximate surface area is 129 Å². The summed E-state index contributed by atoms with van der Waals surface area (Å²) in [6, 6.07) is 7.52. The lowest BCUT2D eigenvalue weighted by molar-refractivity contribution is 0.0348. The normalized spacial score (nSPS) is 12.4. The molecule has 0 saturated carbocycles. The number of nitrogens with one attached hydrogen (secondary N) is 1. The first-order chi connectivity index (χ1) is 10.1. The molecule has 0 saturated heterocycles. The van der Waals surface area contributed by atoms with Gasteiger partial charge in [0.2, 0.25) is 0 Å². The Bertz CT molecular complexity index is 586. The highest BCUT2D eigenvalue weighted by molar-refractivity contribution is 6.31.